The molecular formula is C25H23Cl2N3O4. The molecule has 3 aromatic carbocycles. The molecule has 3 N–H and O–H groups in total. The fourth-order valence-corrected chi connectivity index (χ4v) is 3.38. The maximum absolute atomic E-state index is 12.2. The standard InChI is InChI=1S/C25H23Cl2N3O4/c26-19-8-11-22(21(27)16-19)28-23(31)12-13-24(32)29-30-25(33)18-6-9-20(10-7-18)34-15-14-17-4-2-1-3-5-17/h1-11,16H,12-15H2,(H,28,31)(H,29,32)(H,30,33). The molecule has 9 heteroatoms. The van der Waals surface area contributed by atoms with Gasteiger partial charge in [0, 0.05) is 29.8 Å². The normalized spacial score (nSPS) is 10.3. The highest BCUT2D eigenvalue weighted by molar-refractivity contribution is 6.36. The van der Waals surface area contributed by atoms with Crippen molar-refractivity contribution in [2.75, 3.05) is 11.9 Å². The highest BCUT2D eigenvalue weighted by Gasteiger charge is 2.11. The van der Waals surface area contributed by atoms with Gasteiger partial charge in [-0.15, -0.1) is 0 Å². The van der Waals surface area contributed by atoms with Crippen LogP contribution in [0.2, 0.25) is 10.0 Å². The summed E-state index contributed by atoms with van der Waals surface area (Å²) in [6.07, 6.45) is 0.570. The Bertz CT molecular complexity index is 1140. The van der Waals surface area contributed by atoms with Crippen LogP contribution in [0.15, 0.2) is 72.8 Å². The summed E-state index contributed by atoms with van der Waals surface area (Å²) in [5.74, 6) is -0.745. The molecule has 0 atom stereocenters. The van der Waals surface area contributed by atoms with E-state index in [1.807, 2.05) is 30.3 Å². The Morgan fingerprint density at radius 2 is 1.50 bits per heavy atom. The molecule has 0 heterocycles. The van der Waals surface area contributed by atoms with Crippen molar-refractivity contribution in [3.63, 3.8) is 0 Å². The third kappa shape index (κ3) is 8.10. The van der Waals surface area contributed by atoms with E-state index < -0.39 is 17.7 Å². The molecule has 0 radical (unpaired) electrons. The van der Waals surface area contributed by atoms with E-state index in [0.29, 0.717) is 33.7 Å². The van der Waals surface area contributed by atoms with Crippen molar-refractivity contribution in [1.29, 1.82) is 0 Å². The van der Waals surface area contributed by atoms with Crippen LogP contribution < -0.4 is 20.9 Å². The van der Waals surface area contributed by atoms with E-state index in [4.69, 9.17) is 27.9 Å². The van der Waals surface area contributed by atoms with E-state index in [1.54, 1.807) is 36.4 Å². The maximum atomic E-state index is 12.2. The van der Waals surface area contributed by atoms with Crippen LogP contribution in [-0.4, -0.2) is 24.3 Å². The Balaban J connectivity index is 1.36. The van der Waals surface area contributed by atoms with Crippen molar-refractivity contribution >= 4 is 46.6 Å². The molecule has 34 heavy (non-hydrogen) atoms. The van der Waals surface area contributed by atoms with Crippen LogP contribution >= 0.6 is 23.2 Å². The fraction of sp³-hybridized carbons (Fsp3) is 0.160. The van der Waals surface area contributed by atoms with Gasteiger partial charge in [-0.2, -0.15) is 0 Å². The SMILES string of the molecule is O=C(CCC(=O)Nc1ccc(Cl)cc1Cl)NNC(=O)c1ccc(OCCc2ccccc2)cc1. The van der Waals surface area contributed by atoms with Crippen LogP contribution in [0.4, 0.5) is 5.69 Å². The van der Waals surface area contributed by atoms with Gasteiger partial charge < -0.3 is 10.1 Å². The minimum atomic E-state index is -0.508. The van der Waals surface area contributed by atoms with Gasteiger partial charge in [0.05, 0.1) is 17.3 Å². The molecule has 176 valence electrons. The van der Waals surface area contributed by atoms with Crippen molar-refractivity contribution < 1.29 is 19.1 Å². The number of nitrogens with one attached hydrogen (secondary N) is 3. The van der Waals surface area contributed by atoms with Crippen molar-refractivity contribution in [3.05, 3.63) is 94.0 Å². The second-order valence-corrected chi connectivity index (χ2v) is 8.13. The molecule has 3 amide bonds. The second kappa shape index (κ2) is 12.6. The third-order valence-electron chi connectivity index (χ3n) is 4.72. The van der Waals surface area contributed by atoms with E-state index in [9.17, 15) is 14.4 Å². The highest BCUT2D eigenvalue weighted by atomic mass is 35.5. The van der Waals surface area contributed by atoms with Gasteiger partial charge in [-0.05, 0) is 48.0 Å². The van der Waals surface area contributed by atoms with Crippen molar-refractivity contribution in [2.45, 2.75) is 19.3 Å². The lowest BCUT2D eigenvalue weighted by Crippen LogP contribution is -2.41. The number of amides is 3. The van der Waals surface area contributed by atoms with Gasteiger partial charge in [0.1, 0.15) is 5.75 Å². The number of halogens is 2. The van der Waals surface area contributed by atoms with Crippen molar-refractivity contribution in [3.8, 4) is 5.75 Å². The molecule has 0 saturated carbocycles. The summed E-state index contributed by atoms with van der Waals surface area (Å²) in [4.78, 5) is 36.2. The zero-order chi connectivity index (χ0) is 24.3. The lowest BCUT2D eigenvalue weighted by atomic mass is 10.2. The van der Waals surface area contributed by atoms with Crippen LogP contribution in [0.1, 0.15) is 28.8 Å². The summed E-state index contributed by atoms with van der Waals surface area (Å²) < 4.78 is 5.70. The molecule has 0 aromatic heterocycles. The number of anilines is 1. The van der Waals surface area contributed by atoms with Crippen molar-refractivity contribution in [1.82, 2.24) is 10.9 Å². The van der Waals surface area contributed by atoms with Crippen LogP contribution in [-0.2, 0) is 16.0 Å². The minimum Gasteiger partial charge on any atom is -0.493 e. The smallest absolute Gasteiger partial charge is 0.269 e. The Kier molecular flexibility index (Phi) is 9.31. The first-order chi connectivity index (χ1) is 16.4. The minimum absolute atomic E-state index is 0.0876. The fourth-order valence-electron chi connectivity index (χ4n) is 2.93. The molecule has 7 nitrogen and oxygen atoms in total. The number of hydrogen-bond acceptors (Lipinski definition) is 4. The number of carbonyl (C=O) groups is 3. The van der Waals surface area contributed by atoms with Crippen LogP contribution in [0.5, 0.6) is 5.75 Å². The predicted octanol–water partition coefficient (Wildman–Crippen LogP) is 4.79. The van der Waals surface area contributed by atoms with Gasteiger partial charge in [-0.25, -0.2) is 0 Å². The average Bonchev–Trinajstić information content (AvgIpc) is 2.84. The van der Waals surface area contributed by atoms with E-state index in [1.165, 1.54) is 11.6 Å². The second-order valence-electron chi connectivity index (χ2n) is 7.28. The highest BCUT2D eigenvalue weighted by Crippen LogP contribution is 2.25. The van der Waals surface area contributed by atoms with Gasteiger partial charge >= 0.3 is 0 Å². The third-order valence-corrected chi connectivity index (χ3v) is 5.27. The van der Waals surface area contributed by atoms with Crippen molar-refractivity contribution in [2.24, 2.45) is 0 Å². The molecule has 3 aromatic rings. The Labute approximate surface area is 207 Å². The molecule has 0 spiro atoms. The lowest BCUT2D eigenvalue weighted by molar-refractivity contribution is -0.124. The number of hydrazine groups is 1. The lowest BCUT2D eigenvalue weighted by Gasteiger charge is -2.10. The molecule has 0 fully saturated rings. The monoisotopic (exact) mass is 499 g/mol. The Hall–Kier alpha value is -3.55. The molecule has 0 bridgehead atoms. The quantitative estimate of drug-likeness (QED) is 0.368. The summed E-state index contributed by atoms with van der Waals surface area (Å²) in [6, 6.07) is 21.2. The van der Waals surface area contributed by atoms with Gasteiger partial charge in [0.15, 0.2) is 0 Å². The largest absolute Gasteiger partial charge is 0.493 e. The first kappa shape index (κ1) is 25.1. The van der Waals surface area contributed by atoms with E-state index in [0.717, 1.165) is 6.42 Å². The number of hydrogen-bond donors (Lipinski definition) is 3. The van der Waals surface area contributed by atoms with Crippen LogP contribution in [0.3, 0.4) is 0 Å². The zero-order valence-electron chi connectivity index (χ0n) is 18.1. The summed E-state index contributed by atoms with van der Waals surface area (Å²) in [5, 5.41) is 3.35. The predicted molar refractivity (Wildman–Crippen MR) is 132 cm³/mol. The molecule has 0 aliphatic rings. The summed E-state index contributed by atoms with van der Waals surface area (Å²) >= 11 is 11.8. The van der Waals surface area contributed by atoms with E-state index >= 15 is 0 Å². The number of ether oxygens (including phenoxy) is 1. The van der Waals surface area contributed by atoms with Gasteiger partial charge in [-0.1, -0.05) is 53.5 Å². The van der Waals surface area contributed by atoms with Gasteiger partial charge in [0.2, 0.25) is 11.8 Å². The summed E-state index contributed by atoms with van der Waals surface area (Å²) in [5.41, 5.74) is 6.55. The van der Waals surface area contributed by atoms with Gasteiger partial charge in [0.25, 0.3) is 5.91 Å². The van der Waals surface area contributed by atoms with E-state index in [2.05, 4.69) is 16.2 Å². The maximum Gasteiger partial charge on any atom is 0.269 e. The summed E-state index contributed by atoms with van der Waals surface area (Å²) in [6.45, 7) is 0.517. The molecule has 3 rings (SSSR count). The van der Waals surface area contributed by atoms with E-state index in [-0.39, 0.29) is 12.8 Å². The van der Waals surface area contributed by atoms with Crippen LogP contribution in [0, 0.1) is 0 Å². The summed E-state index contributed by atoms with van der Waals surface area (Å²) in [7, 11) is 0. The van der Waals surface area contributed by atoms with Gasteiger partial charge in [-0.3, -0.25) is 25.2 Å². The average molecular weight is 500 g/mol. The molecule has 0 aliphatic heterocycles. The first-order valence-electron chi connectivity index (χ1n) is 10.5. The first-order valence-corrected chi connectivity index (χ1v) is 11.3. The zero-order valence-corrected chi connectivity index (χ0v) is 19.7. The molecule has 0 unspecified atom stereocenters. The topological polar surface area (TPSA) is 96.5 Å². The number of rotatable bonds is 9. The molecule has 0 aliphatic carbocycles. The number of benzene rings is 3. The molecular weight excluding hydrogens is 477 g/mol. The molecule has 0 saturated heterocycles. The Morgan fingerprint density at radius 1 is 0.794 bits per heavy atom. The Morgan fingerprint density at radius 3 is 2.21 bits per heavy atom. The number of carbonyl (C=O) groups excluding carboxylic acids is 3. The van der Waals surface area contributed by atoms with Crippen LogP contribution in [0.25, 0.3) is 0 Å².